The highest BCUT2D eigenvalue weighted by molar-refractivity contribution is 8.15. The van der Waals surface area contributed by atoms with E-state index in [0.29, 0.717) is 22.5 Å². The van der Waals surface area contributed by atoms with Crippen LogP contribution < -0.4 is 10.2 Å². The number of rotatable bonds is 2. The molecule has 0 aliphatic carbocycles. The van der Waals surface area contributed by atoms with Crippen molar-refractivity contribution in [2.75, 3.05) is 16.8 Å². The fourth-order valence-electron chi connectivity index (χ4n) is 2.44. The van der Waals surface area contributed by atoms with Crippen LogP contribution in [0.4, 0.5) is 16.2 Å². The molecule has 4 nitrogen and oxygen atoms in total. The van der Waals surface area contributed by atoms with E-state index in [9.17, 15) is 4.79 Å². The summed E-state index contributed by atoms with van der Waals surface area (Å²) in [5.41, 5.74) is 2.50. The van der Waals surface area contributed by atoms with Crippen molar-refractivity contribution in [1.82, 2.24) is 0 Å². The standard InChI is InChI=1S/C18H18ClN3OS/c1-12-6-3-4-9-16(12)22(18-20-11-13(2)24-18)17(23)21-15-8-5-7-14(19)10-15/h3-10,13H,11H2,1-2H3,(H,21,23)/t13-/m0/s1. The minimum Gasteiger partial charge on any atom is -0.307 e. The van der Waals surface area contributed by atoms with Gasteiger partial charge >= 0.3 is 6.03 Å². The van der Waals surface area contributed by atoms with Gasteiger partial charge in [-0.25, -0.2) is 9.69 Å². The van der Waals surface area contributed by atoms with Gasteiger partial charge in [0.05, 0.1) is 12.2 Å². The fourth-order valence-corrected chi connectivity index (χ4v) is 3.58. The molecule has 1 heterocycles. The predicted octanol–water partition coefficient (Wildman–Crippen LogP) is 5.18. The lowest BCUT2D eigenvalue weighted by Crippen LogP contribution is -2.38. The Morgan fingerprint density at radius 3 is 2.75 bits per heavy atom. The van der Waals surface area contributed by atoms with Gasteiger partial charge in [0.2, 0.25) is 0 Å². The molecule has 0 bridgehead atoms. The maximum absolute atomic E-state index is 12.9. The van der Waals surface area contributed by atoms with Crippen LogP contribution in [0.25, 0.3) is 0 Å². The average Bonchev–Trinajstić information content (AvgIpc) is 2.95. The van der Waals surface area contributed by atoms with Crippen molar-refractivity contribution in [3.05, 3.63) is 59.1 Å². The summed E-state index contributed by atoms with van der Waals surface area (Å²) in [7, 11) is 0. The molecule has 0 radical (unpaired) electrons. The van der Waals surface area contributed by atoms with Gasteiger partial charge in [0.15, 0.2) is 5.17 Å². The number of aliphatic imine (C=N–C) groups is 1. The van der Waals surface area contributed by atoms with Gasteiger partial charge in [-0.1, -0.05) is 54.6 Å². The lowest BCUT2D eigenvalue weighted by Gasteiger charge is -2.24. The van der Waals surface area contributed by atoms with E-state index in [4.69, 9.17) is 11.6 Å². The molecule has 6 heteroatoms. The van der Waals surface area contributed by atoms with Crippen LogP contribution in [0.1, 0.15) is 12.5 Å². The molecule has 2 amide bonds. The third-order valence-corrected chi connectivity index (χ3v) is 4.93. The first-order valence-corrected chi connectivity index (χ1v) is 8.94. The van der Waals surface area contributed by atoms with Gasteiger partial charge < -0.3 is 5.32 Å². The second-order valence-corrected chi connectivity index (χ2v) is 7.46. The van der Waals surface area contributed by atoms with Crippen LogP contribution in [-0.2, 0) is 0 Å². The van der Waals surface area contributed by atoms with Gasteiger partial charge in [-0.15, -0.1) is 0 Å². The Hall–Kier alpha value is -1.98. The van der Waals surface area contributed by atoms with E-state index in [-0.39, 0.29) is 6.03 Å². The molecular formula is C18H18ClN3OS. The molecule has 24 heavy (non-hydrogen) atoms. The predicted molar refractivity (Wildman–Crippen MR) is 103 cm³/mol. The first-order valence-electron chi connectivity index (χ1n) is 7.68. The number of amides is 2. The highest BCUT2D eigenvalue weighted by atomic mass is 35.5. The van der Waals surface area contributed by atoms with Crippen LogP contribution in [0.2, 0.25) is 5.02 Å². The van der Waals surface area contributed by atoms with Crippen molar-refractivity contribution in [1.29, 1.82) is 0 Å². The van der Waals surface area contributed by atoms with Crippen molar-refractivity contribution in [2.45, 2.75) is 19.1 Å². The second kappa shape index (κ2) is 7.28. The van der Waals surface area contributed by atoms with E-state index in [1.807, 2.05) is 37.3 Å². The summed E-state index contributed by atoms with van der Waals surface area (Å²) in [4.78, 5) is 19.1. The topological polar surface area (TPSA) is 44.7 Å². The number of aryl methyl sites for hydroxylation is 1. The van der Waals surface area contributed by atoms with Crippen LogP contribution in [-0.4, -0.2) is 23.0 Å². The molecule has 0 saturated carbocycles. The molecule has 2 aromatic carbocycles. The molecule has 0 unspecified atom stereocenters. The highest BCUT2D eigenvalue weighted by Gasteiger charge is 2.28. The van der Waals surface area contributed by atoms with Crippen LogP contribution in [0.15, 0.2) is 53.5 Å². The molecule has 124 valence electrons. The number of hydrogen-bond acceptors (Lipinski definition) is 3. The summed E-state index contributed by atoms with van der Waals surface area (Å²) in [5, 5.41) is 4.57. The zero-order chi connectivity index (χ0) is 17.1. The van der Waals surface area contributed by atoms with E-state index in [1.165, 1.54) is 0 Å². The lowest BCUT2D eigenvalue weighted by atomic mass is 10.2. The first kappa shape index (κ1) is 16.9. The van der Waals surface area contributed by atoms with E-state index in [2.05, 4.69) is 17.2 Å². The summed E-state index contributed by atoms with van der Waals surface area (Å²) in [6.07, 6.45) is 0. The van der Waals surface area contributed by atoms with E-state index in [1.54, 1.807) is 34.9 Å². The van der Waals surface area contributed by atoms with Crippen LogP contribution >= 0.6 is 23.4 Å². The largest absolute Gasteiger partial charge is 0.332 e. The average molecular weight is 360 g/mol. The minimum atomic E-state index is -0.244. The summed E-state index contributed by atoms with van der Waals surface area (Å²) in [5.74, 6) is 0. The number of carbonyl (C=O) groups is 1. The number of carbonyl (C=O) groups excluding carboxylic acids is 1. The minimum absolute atomic E-state index is 0.244. The van der Waals surface area contributed by atoms with Gasteiger partial charge in [0, 0.05) is 16.0 Å². The number of halogens is 1. The third-order valence-electron chi connectivity index (χ3n) is 3.62. The first-order chi connectivity index (χ1) is 11.5. The zero-order valence-corrected chi connectivity index (χ0v) is 15.1. The van der Waals surface area contributed by atoms with Gasteiger partial charge in [-0.2, -0.15) is 0 Å². The smallest absolute Gasteiger partial charge is 0.307 e. The summed E-state index contributed by atoms with van der Waals surface area (Å²) >= 11 is 7.61. The molecule has 3 rings (SSSR count). The SMILES string of the molecule is Cc1ccccc1N(C(=O)Nc1cccc(Cl)c1)C1=NC[C@H](C)S1. The number of nitrogens with one attached hydrogen (secondary N) is 1. The zero-order valence-electron chi connectivity index (χ0n) is 13.5. The second-order valence-electron chi connectivity index (χ2n) is 5.61. The van der Waals surface area contributed by atoms with Crippen molar-refractivity contribution >= 4 is 45.9 Å². The molecule has 0 spiro atoms. The van der Waals surface area contributed by atoms with Gasteiger partial charge in [-0.05, 0) is 36.8 Å². The van der Waals surface area contributed by atoms with Crippen molar-refractivity contribution in [3.8, 4) is 0 Å². The van der Waals surface area contributed by atoms with Crippen LogP contribution in [0, 0.1) is 6.92 Å². The highest BCUT2D eigenvalue weighted by Crippen LogP contribution is 2.30. The van der Waals surface area contributed by atoms with E-state index >= 15 is 0 Å². The number of benzene rings is 2. The van der Waals surface area contributed by atoms with Gasteiger partial charge in [-0.3, -0.25) is 4.99 Å². The Morgan fingerprint density at radius 1 is 1.29 bits per heavy atom. The molecule has 0 fully saturated rings. The summed E-state index contributed by atoms with van der Waals surface area (Å²) in [6.45, 7) is 4.80. The number of nitrogens with zero attached hydrogens (tertiary/aromatic N) is 2. The molecule has 1 N–H and O–H groups in total. The number of urea groups is 1. The van der Waals surface area contributed by atoms with E-state index < -0.39 is 0 Å². The molecule has 2 aromatic rings. The van der Waals surface area contributed by atoms with Crippen molar-refractivity contribution in [2.24, 2.45) is 4.99 Å². The number of amidine groups is 1. The number of para-hydroxylation sites is 1. The van der Waals surface area contributed by atoms with Gasteiger partial charge in [0.1, 0.15) is 0 Å². The maximum atomic E-state index is 12.9. The quantitative estimate of drug-likeness (QED) is 0.803. The monoisotopic (exact) mass is 359 g/mol. The maximum Gasteiger partial charge on any atom is 0.332 e. The number of thioether (sulfide) groups is 1. The Kier molecular flexibility index (Phi) is 5.11. The molecular weight excluding hydrogens is 342 g/mol. The van der Waals surface area contributed by atoms with Crippen molar-refractivity contribution in [3.63, 3.8) is 0 Å². The molecule has 0 saturated heterocycles. The fraction of sp³-hybridized carbons (Fsp3) is 0.222. The molecule has 1 aliphatic heterocycles. The normalized spacial score (nSPS) is 16.6. The third kappa shape index (κ3) is 3.74. The summed E-state index contributed by atoms with van der Waals surface area (Å²) in [6, 6.07) is 14.7. The summed E-state index contributed by atoms with van der Waals surface area (Å²) < 4.78 is 0. The molecule has 0 aromatic heterocycles. The Morgan fingerprint density at radius 2 is 2.08 bits per heavy atom. The van der Waals surface area contributed by atoms with E-state index in [0.717, 1.165) is 16.4 Å². The van der Waals surface area contributed by atoms with Gasteiger partial charge in [0.25, 0.3) is 0 Å². The molecule has 1 atom stereocenters. The lowest BCUT2D eigenvalue weighted by molar-refractivity contribution is 0.259. The van der Waals surface area contributed by atoms with Crippen LogP contribution in [0.3, 0.4) is 0 Å². The Bertz CT molecular complexity index is 793. The van der Waals surface area contributed by atoms with Crippen molar-refractivity contribution < 1.29 is 4.79 Å². The molecule has 1 aliphatic rings. The van der Waals surface area contributed by atoms with Crippen LogP contribution in [0.5, 0.6) is 0 Å². The Labute approximate surface area is 150 Å². The number of hydrogen-bond donors (Lipinski definition) is 1. The Balaban J connectivity index is 1.92. The number of anilines is 2.